The van der Waals surface area contributed by atoms with Crippen molar-refractivity contribution in [2.75, 3.05) is 5.32 Å². The Morgan fingerprint density at radius 1 is 1.25 bits per heavy atom. The van der Waals surface area contributed by atoms with Gasteiger partial charge in [-0.2, -0.15) is 0 Å². The summed E-state index contributed by atoms with van der Waals surface area (Å²) < 4.78 is 12.9. The highest BCUT2D eigenvalue weighted by Gasteiger charge is 2.11. The van der Waals surface area contributed by atoms with Crippen molar-refractivity contribution in [1.29, 1.82) is 0 Å². The first-order chi connectivity index (χ1) is 9.60. The Balaban J connectivity index is 2.06. The van der Waals surface area contributed by atoms with Gasteiger partial charge >= 0.3 is 0 Å². The van der Waals surface area contributed by atoms with Crippen LogP contribution in [0.15, 0.2) is 30.6 Å². The molecule has 0 amide bonds. The standard InChI is InChI=1S/C15H17ClFN3/c1-3-13-14(16)18-9-19-15(13)20-10(2)8-11-4-6-12(17)7-5-11/h4-7,9-10H,3,8H2,1-2H3,(H,18,19,20). The van der Waals surface area contributed by atoms with E-state index in [9.17, 15) is 4.39 Å². The molecule has 0 fully saturated rings. The lowest BCUT2D eigenvalue weighted by molar-refractivity contribution is 0.626. The summed E-state index contributed by atoms with van der Waals surface area (Å²) in [5.41, 5.74) is 1.99. The second-order valence-electron chi connectivity index (χ2n) is 4.72. The van der Waals surface area contributed by atoms with Gasteiger partial charge in [0.15, 0.2) is 0 Å². The number of nitrogens with one attached hydrogen (secondary N) is 1. The lowest BCUT2D eigenvalue weighted by atomic mass is 10.1. The molecule has 0 aliphatic rings. The van der Waals surface area contributed by atoms with Crippen molar-refractivity contribution in [1.82, 2.24) is 9.97 Å². The maximum absolute atomic E-state index is 12.9. The van der Waals surface area contributed by atoms with Crippen LogP contribution < -0.4 is 5.32 Å². The molecule has 0 aliphatic carbocycles. The van der Waals surface area contributed by atoms with Crippen molar-refractivity contribution in [3.8, 4) is 0 Å². The third kappa shape index (κ3) is 3.67. The van der Waals surface area contributed by atoms with Crippen LogP contribution in [0.5, 0.6) is 0 Å². The average molecular weight is 294 g/mol. The second kappa shape index (κ2) is 6.66. The smallest absolute Gasteiger partial charge is 0.137 e. The van der Waals surface area contributed by atoms with Crippen molar-refractivity contribution in [2.45, 2.75) is 32.7 Å². The van der Waals surface area contributed by atoms with Gasteiger partial charge < -0.3 is 5.32 Å². The van der Waals surface area contributed by atoms with Crippen LogP contribution in [0.1, 0.15) is 25.0 Å². The SMILES string of the molecule is CCc1c(Cl)ncnc1NC(C)Cc1ccc(F)cc1. The molecule has 1 N–H and O–H groups in total. The maximum atomic E-state index is 12.9. The van der Waals surface area contributed by atoms with Gasteiger partial charge in [0.1, 0.15) is 23.1 Å². The molecule has 1 atom stereocenters. The summed E-state index contributed by atoms with van der Waals surface area (Å²) >= 11 is 6.06. The quantitative estimate of drug-likeness (QED) is 0.850. The summed E-state index contributed by atoms with van der Waals surface area (Å²) in [7, 11) is 0. The van der Waals surface area contributed by atoms with E-state index in [4.69, 9.17) is 11.6 Å². The Morgan fingerprint density at radius 3 is 2.60 bits per heavy atom. The topological polar surface area (TPSA) is 37.8 Å². The molecule has 0 bridgehead atoms. The number of halogens is 2. The third-order valence-corrected chi connectivity index (χ3v) is 3.41. The Bertz CT molecular complexity index is 572. The van der Waals surface area contributed by atoms with E-state index in [1.54, 1.807) is 12.1 Å². The van der Waals surface area contributed by atoms with Crippen LogP contribution in [0.25, 0.3) is 0 Å². The first-order valence-corrected chi connectivity index (χ1v) is 6.98. The largest absolute Gasteiger partial charge is 0.367 e. The lowest BCUT2D eigenvalue weighted by Gasteiger charge is -2.17. The number of nitrogens with zero attached hydrogens (tertiary/aromatic N) is 2. The average Bonchev–Trinajstić information content (AvgIpc) is 2.42. The van der Waals surface area contributed by atoms with Crippen LogP contribution in [-0.4, -0.2) is 16.0 Å². The zero-order valence-electron chi connectivity index (χ0n) is 11.5. The summed E-state index contributed by atoms with van der Waals surface area (Å²) in [6.45, 7) is 4.07. The molecule has 3 nitrogen and oxygen atoms in total. The maximum Gasteiger partial charge on any atom is 0.137 e. The number of aromatic nitrogens is 2. The van der Waals surface area contributed by atoms with Gasteiger partial charge in [-0.15, -0.1) is 0 Å². The molecule has 0 saturated carbocycles. The van der Waals surface area contributed by atoms with E-state index in [-0.39, 0.29) is 11.9 Å². The normalized spacial score (nSPS) is 12.2. The molecular formula is C15H17ClFN3. The van der Waals surface area contributed by atoms with Crippen molar-refractivity contribution >= 4 is 17.4 Å². The van der Waals surface area contributed by atoms with E-state index in [0.29, 0.717) is 5.15 Å². The monoisotopic (exact) mass is 293 g/mol. The van der Waals surface area contributed by atoms with Gasteiger partial charge in [0, 0.05) is 11.6 Å². The van der Waals surface area contributed by atoms with E-state index in [1.165, 1.54) is 18.5 Å². The molecule has 1 unspecified atom stereocenters. The molecule has 0 saturated heterocycles. The molecule has 2 rings (SSSR count). The summed E-state index contributed by atoms with van der Waals surface area (Å²) in [6.07, 6.45) is 3.00. The molecule has 1 aromatic carbocycles. The Hall–Kier alpha value is -1.68. The van der Waals surface area contributed by atoms with Crippen molar-refractivity contribution in [3.63, 3.8) is 0 Å². The summed E-state index contributed by atoms with van der Waals surface area (Å²) in [6, 6.07) is 6.70. The van der Waals surface area contributed by atoms with Gasteiger partial charge in [-0.25, -0.2) is 14.4 Å². The molecule has 0 aliphatic heterocycles. The minimum atomic E-state index is -0.217. The number of hydrogen-bond acceptors (Lipinski definition) is 3. The van der Waals surface area contributed by atoms with Crippen LogP contribution >= 0.6 is 11.6 Å². The molecule has 20 heavy (non-hydrogen) atoms. The van der Waals surface area contributed by atoms with E-state index in [2.05, 4.69) is 22.2 Å². The molecular weight excluding hydrogens is 277 g/mol. The zero-order valence-corrected chi connectivity index (χ0v) is 12.3. The Morgan fingerprint density at radius 2 is 1.95 bits per heavy atom. The van der Waals surface area contributed by atoms with Crippen LogP contribution in [0.4, 0.5) is 10.2 Å². The van der Waals surface area contributed by atoms with Gasteiger partial charge in [-0.3, -0.25) is 0 Å². The summed E-state index contributed by atoms with van der Waals surface area (Å²) in [5, 5.41) is 3.82. The second-order valence-corrected chi connectivity index (χ2v) is 5.08. The highest BCUT2D eigenvalue weighted by atomic mass is 35.5. The molecule has 0 radical (unpaired) electrons. The number of benzene rings is 1. The van der Waals surface area contributed by atoms with Gasteiger partial charge in [-0.1, -0.05) is 30.7 Å². The Kier molecular flexibility index (Phi) is 4.90. The van der Waals surface area contributed by atoms with Crippen LogP contribution in [0.3, 0.4) is 0 Å². The highest BCUT2D eigenvalue weighted by Crippen LogP contribution is 2.21. The van der Waals surface area contributed by atoms with Crippen molar-refractivity contribution < 1.29 is 4.39 Å². The third-order valence-electron chi connectivity index (χ3n) is 3.08. The number of rotatable bonds is 5. The van der Waals surface area contributed by atoms with Gasteiger partial charge in [0.05, 0.1) is 0 Å². The van der Waals surface area contributed by atoms with Crippen LogP contribution in [-0.2, 0) is 12.8 Å². The number of anilines is 1. The van der Waals surface area contributed by atoms with Crippen molar-refractivity contribution in [2.24, 2.45) is 0 Å². The molecule has 1 aromatic heterocycles. The summed E-state index contributed by atoms with van der Waals surface area (Å²) in [4.78, 5) is 8.22. The van der Waals surface area contributed by atoms with Gasteiger partial charge in [0.25, 0.3) is 0 Å². The fourth-order valence-electron chi connectivity index (χ4n) is 2.09. The van der Waals surface area contributed by atoms with E-state index < -0.39 is 0 Å². The lowest BCUT2D eigenvalue weighted by Crippen LogP contribution is -2.20. The predicted molar refractivity (Wildman–Crippen MR) is 79.6 cm³/mol. The molecule has 2 aromatic rings. The fourth-order valence-corrected chi connectivity index (χ4v) is 2.35. The highest BCUT2D eigenvalue weighted by molar-refractivity contribution is 6.30. The molecule has 1 heterocycles. The van der Waals surface area contributed by atoms with Crippen molar-refractivity contribution in [3.05, 3.63) is 52.7 Å². The predicted octanol–water partition coefficient (Wildman–Crippen LogP) is 3.87. The first kappa shape index (κ1) is 14.7. The van der Waals surface area contributed by atoms with E-state index in [1.807, 2.05) is 6.92 Å². The molecule has 106 valence electrons. The zero-order chi connectivity index (χ0) is 14.5. The molecule has 5 heteroatoms. The van der Waals surface area contributed by atoms with Crippen LogP contribution in [0, 0.1) is 5.82 Å². The molecule has 0 spiro atoms. The van der Waals surface area contributed by atoms with E-state index >= 15 is 0 Å². The van der Waals surface area contributed by atoms with Gasteiger partial charge in [0.2, 0.25) is 0 Å². The summed E-state index contributed by atoms with van der Waals surface area (Å²) in [5.74, 6) is 0.548. The minimum Gasteiger partial charge on any atom is -0.367 e. The van der Waals surface area contributed by atoms with E-state index in [0.717, 1.165) is 29.8 Å². The van der Waals surface area contributed by atoms with Crippen LogP contribution in [0.2, 0.25) is 5.15 Å². The minimum absolute atomic E-state index is 0.164. The number of hydrogen-bond donors (Lipinski definition) is 1. The first-order valence-electron chi connectivity index (χ1n) is 6.60. The Labute approximate surface area is 123 Å². The van der Waals surface area contributed by atoms with Gasteiger partial charge in [-0.05, 0) is 37.5 Å². The fraction of sp³-hybridized carbons (Fsp3) is 0.333.